The van der Waals surface area contributed by atoms with E-state index in [4.69, 9.17) is 4.74 Å². The monoisotopic (exact) mass is 268 g/mol. The van der Waals surface area contributed by atoms with Crippen molar-refractivity contribution in [3.63, 3.8) is 0 Å². The highest BCUT2D eigenvalue weighted by molar-refractivity contribution is 5.49. The van der Waals surface area contributed by atoms with Crippen molar-refractivity contribution in [2.75, 3.05) is 44.1 Å². The maximum Gasteiger partial charge on any atom is 0.134 e. The molecule has 1 atom stereocenters. The van der Waals surface area contributed by atoms with E-state index in [1.54, 1.807) is 7.11 Å². The number of nitrogens with one attached hydrogen (secondary N) is 1. The number of hydrogen-bond acceptors (Lipinski definition) is 6. The summed E-state index contributed by atoms with van der Waals surface area (Å²) < 4.78 is 4.92. The highest BCUT2D eigenvalue weighted by Gasteiger charge is 2.11. The van der Waals surface area contributed by atoms with Gasteiger partial charge in [0.05, 0.1) is 12.7 Å². The number of aromatic nitrogens is 2. The fraction of sp³-hybridized carbons (Fsp3) is 0.692. The molecule has 0 aliphatic rings. The number of rotatable bonds is 8. The summed E-state index contributed by atoms with van der Waals surface area (Å²) in [4.78, 5) is 10.6. The number of methoxy groups -OCH3 is 1. The summed E-state index contributed by atoms with van der Waals surface area (Å²) in [7, 11) is 3.47. The predicted octanol–water partition coefficient (Wildman–Crippen LogP) is 1.05. The van der Waals surface area contributed by atoms with E-state index in [-0.39, 0.29) is 0 Å². The van der Waals surface area contributed by atoms with Gasteiger partial charge < -0.3 is 20.1 Å². The van der Waals surface area contributed by atoms with Crippen LogP contribution in [-0.4, -0.2) is 55.0 Å². The first-order valence-corrected chi connectivity index (χ1v) is 6.54. The molecule has 1 rings (SSSR count). The Bertz CT molecular complexity index is 387. The Labute approximate surface area is 114 Å². The fourth-order valence-electron chi connectivity index (χ4n) is 1.75. The minimum atomic E-state index is -0.530. The first-order valence-electron chi connectivity index (χ1n) is 6.54. The van der Waals surface area contributed by atoms with Crippen LogP contribution in [0.15, 0.2) is 6.07 Å². The Kier molecular flexibility index (Phi) is 6.52. The Morgan fingerprint density at radius 1 is 1.47 bits per heavy atom. The zero-order chi connectivity index (χ0) is 14.3. The second-order valence-corrected chi connectivity index (χ2v) is 4.58. The van der Waals surface area contributed by atoms with E-state index in [0.717, 1.165) is 24.6 Å². The molecule has 0 bridgehead atoms. The van der Waals surface area contributed by atoms with Crippen LogP contribution in [0.1, 0.15) is 19.2 Å². The molecule has 1 aromatic heterocycles. The summed E-state index contributed by atoms with van der Waals surface area (Å²) in [5.41, 5.74) is 0. The Morgan fingerprint density at radius 2 is 2.21 bits per heavy atom. The van der Waals surface area contributed by atoms with E-state index >= 15 is 0 Å². The van der Waals surface area contributed by atoms with Crippen LogP contribution in [0.2, 0.25) is 0 Å². The molecule has 0 aliphatic heterocycles. The highest BCUT2D eigenvalue weighted by Crippen LogP contribution is 2.15. The van der Waals surface area contributed by atoms with Gasteiger partial charge in [-0.2, -0.15) is 0 Å². The van der Waals surface area contributed by atoms with Gasteiger partial charge in [0, 0.05) is 33.3 Å². The quantitative estimate of drug-likeness (QED) is 0.734. The Hall–Kier alpha value is -1.40. The maximum absolute atomic E-state index is 9.74. The topological polar surface area (TPSA) is 70.5 Å². The first kappa shape index (κ1) is 15.7. The van der Waals surface area contributed by atoms with Crippen LogP contribution in [0.3, 0.4) is 0 Å². The zero-order valence-electron chi connectivity index (χ0n) is 12.2. The van der Waals surface area contributed by atoms with E-state index in [9.17, 15) is 5.11 Å². The SMILES string of the molecule is CCCNc1cc(N(C)CC(O)COC)nc(C)n1. The van der Waals surface area contributed by atoms with Crippen molar-refractivity contribution >= 4 is 11.6 Å². The number of ether oxygens (including phenoxy) is 1. The summed E-state index contributed by atoms with van der Waals surface area (Å²) in [6.45, 7) is 5.63. The van der Waals surface area contributed by atoms with Crippen LogP contribution in [0, 0.1) is 6.92 Å². The molecular weight excluding hydrogens is 244 g/mol. The second kappa shape index (κ2) is 7.91. The van der Waals surface area contributed by atoms with Crippen molar-refractivity contribution in [1.82, 2.24) is 9.97 Å². The fourth-order valence-corrected chi connectivity index (χ4v) is 1.75. The van der Waals surface area contributed by atoms with Crippen LogP contribution >= 0.6 is 0 Å². The molecule has 6 nitrogen and oxygen atoms in total. The molecule has 0 radical (unpaired) electrons. The molecule has 0 amide bonds. The molecule has 0 saturated carbocycles. The lowest BCUT2D eigenvalue weighted by Crippen LogP contribution is -2.32. The lowest BCUT2D eigenvalue weighted by molar-refractivity contribution is 0.0694. The van der Waals surface area contributed by atoms with Crippen LogP contribution < -0.4 is 10.2 Å². The van der Waals surface area contributed by atoms with Crippen LogP contribution in [0.4, 0.5) is 11.6 Å². The molecule has 1 aromatic rings. The largest absolute Gasteiger partial charge is 0.389 e. The van der Waals surface area contributed by atoms with Crippen molar-refractivity contribution in [1.29, 1.82) is 0 Å². The van der Waals surface area contributed by atoms with Gasteiger partial charge in [0.1, 0.15) is 17.5 Å². The number of likely N-dealkylation sites (N-methyl/N-ethyl adjacent to an activating group) is 1. The van der Waals surface area contributed by atoms with Gasteiger partial charge >= 0.3 is 0 Å². The van der Waals surface area contributed by atoms with Gasteiger partial charge in [-0.3, -0.25) is 0 Å². The summed E-state index contributed by atoms with van der Waals surface area (Å²) in [6, 6.07) is 1.89. The van der Waals surface area contributed by atoms with Crippen molar-refractivity contribution in [3.05, 3.63) is 11.9 Å². The third-order valence-corrected chi connectivity index (χ3v) is 2.62. The molecular formula is C13H24N4O2. The summed E-state index contributed by atoms with van der Waals surface area (Å²) in [6.07, 6.45) is 0.512. The number of anilines is 2. The van der Waals surface area contributed by atoms with Gasteiger partial charge in [0.25, 0.3) is 0 Å². The minimum absolute atomic E-state index is 0.315. The number of aryl methyl sites for hydroxylation is 1. The third kappa shape index (κ3) is 5.40. The van der Waals surface area contributed by atoms with Crippen molar-refractivity contribution in [2.45, 2.75) is 26.4 Å². The molecule has 0 aliphatic carbocycles. The molecule has 2 N–H and O–H groups in total. The minimum Gasteiger partial charge on any atom is -0.389 e. The average Bonchev–Trinajstić information content (AvgIpc) is 2.36. The van der Waals surface area contributed by atoms with Gasteiger partial charge in [-0.1, -0.05) is 6.92 Å². The van der Waals surface area contributed by atoms with Gasteiger partial charge in [0.2, 0.25) is 0 Å². The molecule has 0 spiro atoms. The molecule has 6 heteroatoms. The van der Waals surface area contributed by atoms with Crippen LogP contribution in [-0.2, 0) is 4.74 Å². The van der Waals surface area contributed by atoms with Crippen LogP contribution in [0.5, 0.6) is 0 Å². The lowest BCUT2D eigenvalue weighted by Gasteiger charge is -2.22. The Balaban J connectivity index is 2.72. The smallest absolute Gasteiger partial charge is 0.134 e. The predicted molar refractivity (Wildman–Crippen MR) is 76.7 cm³/mol. The van der Waals surface area contributed by atoms with E-state index in [0.29, 0.717) is 19.0 Å². The number of nitrogens with zero attached hydrogens (tertiary/aromatic N) is 3. The van der Waals surface area contributed by atoms with Crippen molar-refractivity contribution in [3.8, 4) is 0 Å². The van der Waals surface area contributed by atoms with E-state index in [2.05, 4.69) is 22.2 Å². The van der Waals surface area contributed by atoms with Gasteiger partial charge in [-0.15, -0.1) is 0 Å². The second-order valence-electron chi connectivity index (χ2n) is 4.58. The Morgan fingerprint density at radius 3 is 2.84 bits per heavy atom. The summed E-state index contributed by atoms with van der Waals surface area (Å²) in [5.74, 6) is 2.32. The van der Waals surface area contributed by atoms with E-state index in [1.165, 1.54) is 0 Å². The normalized spacial score (nSPS) is 12.3. The number of aliphatic hydroxyl groups excluding tert-OH is 1. The molecule has 0 fully saturated rings. The maximum atomic E-state index is 9.74. The van der Waals surface area contributed by atoms with E-state index < -0.39 is 6.10 Å². The molecule has 1 unspecified atom stereocenters. The van der Waals surface area contributed by atoms with Crippen molar-refractivity contribution in [2.24, 2.45) is 0 Å². The molecule has 108 valence electrons. The highest BCUT2D eigenvalue weighted by atomic mass is 16.5. The molecule has 0 aromatic carbocycles. The number of hydrogen-bond donors (Lipinski definition) is 2. The average molecular weight is 268 g/mol. The van der Waals surface area contributed by atoms with Gasteiger partial charge in [-0.25, -0.2) is 9.97 Å². The third-order valence-electron chi connectivity index (χ3n) is 2.62. The van der Waals surface area contributed by atoms with Crippen molar-refractivity contribution < 1.29 is 9.84 Å². The van der Waals surface area contributed by atoms with E-state index in [1.807, 2.05) is 24.9 Å². The molecule has 19 heavy (non-hydrogen) atoms. The standard InChI is InChI=1S/C13H24N4O2/c1-5-6-14-12-7-13(16-10(2)15-12)17(3)8-11(18)9-19-4/h7,11,18H,5-6,8-9H2,1-4H3,(H,14,15,16). The first-order chi connectivity index (χ1) is 9.06. The molecule has 1 heterocycles. The van der Waals surface area contributed by atoms with Gasteiger partial charge in [0.15, 0.2) is 0 Å². The van der Waals surface area contributed by atoms with Crippen LogP contribution in [0.25, 0.3) is 0 Å². The zero-order valence-corrected chi connectivity index (χ0v) is 12.2. The number of aliphatic hydroxyl groups is 1. The summed E-state index contributed by atoms with van der Waals surface area (Å²) in [5, 5.41) is 13.0. The van der Waals surface area contributed by atoms with Gasteiger partial charge in [-0.05, 0) is 13.3 Å². The lowest BCUT2D eigenvalue weighted by atomic mass is 10.3. The molecule has 0 saturated heterocycles. The summed E-state index contributed by atoms with van der Waals surface area (Å²) >= 11 is 0.